The lowest BCUT2D eigenvalue weighted by molar-refractivity contribution is 0.0535. The lowest BCUT2D eigenvalue weighted by Crippen LogP contribution is -2.50. The van der Waals surface area contributed by atoms with Crippen molar-refractivity contribution < 1.29 is 14.0 Å². The van der Waals surface area contributed by atoms with Crippen molar-refractivity contribution in [2.24, 2.45) is 0 Å². The number of benzene rings is 1. The van der Waals surface area contributed by atoms with Gasteiger partial charge in [-0.05, 0) is 30.7 Å². The molecule has 120 valence electrons. The van der Waals surface area contributed by atoms with Crippen LogP contribution < -0.4 is 5.73 Å². The molecule has 1 aliphatic rings. The Morgan fingerprint density at radius 1 is 1.00 bits per heavy atom. The molecule has 3 rings (SSSR count). The fraction of sp³-hybridized carbons (Fsp3) is 0.294. The largest absolute Gasteiger partial charge is 0.472 e. The van der Waals surface area contributed by atoms with Crippen LogP contribution in [0.15, 0.2) is 41.2 Å². The second-order valence-corrected chi connectivity index (χ2v) is 5.67. The first-order valence-corrected chi connectivity index (χ1v) is 7.53. The van der Waals surface area contributed by atoms with Crippen LogP contribution in [0.25, 0.3) is 0 Å². The molecule has 6 nitrogen and oxygen atoms in total. The standard InChI is InChI=1S/C17H19N3O3/c1-12-2-3-13(10-15(12)18)16(21)19-5-7-20(8-6-19)17(22)14-4-9-23-11-14/h2-4,9-11H,5-8,18H2,1H3. The van der Waals surface area contributed by atoms with Gasteiger partial charge in [0.25, 0.3) is 11.8 Å². The van der Waals surface area contributed by atoms with Crippen molar-refractivity contribution >= 4 is 17.5 Å². The number of anilines is 1. The molecule has 2 N–H and O–H groups in total. The molecule has 23 heavy (non-hydrogen) atoms. The van der Waals surface area contributed by atoms with Gasteiger partial charge in [0.2, 0.25) is 0 Å². The zero-order valence-corrected chi connectivity index (χ0v) is 13.0. The van der Waals surface area contributed by atoms with Gasteiger partial charge < -0.3 is 20.0 Å². The number of furan rings is 1. The van der Waals surface area contributed by atoms with Crippen molar-refractivity contribution in [1.29, 1.82) is 0 Å². The van der Waals surface area contributed by atoms with E-state index in [0.29, 0.717) is 43.0 Å². The molecule has 1 aromatic heterocycles. The first-order valence-electron chi connectivity index (χ1n) is 7.53. The maximum atomic E-state index is 12.5. The van der Waals surface area contributed by atoms with Crippen molar-refractivity contribution in [3.05, 3.63) is 53.5 Å². The summed E-state index contributed by atoms with van der Waals surface area (Å²) in [6.45, 7) is 3.95. The first-order chi connectivity index (χ1) is 11.1. The third-order valence-electron chi connectivity index (χ3n) is 4.15. The molecule has 0 saturated carbocycles. The molecule has 0 bridgehead atoms. The molecular weight excluding hydrogens is 294 g/mol. The highest BCUT2D eigenvalue weighted by Gasteiger charge is 2.26. The van der Waals surface area contributed by atoms with Crippen LogP contribution in [-0.4, -0.2) is 47.8 Å². The number of hydrogen-bond donors (Lipinski definition) is 1. The minimum absolute atomic E-state index is 0.0490. The molecule has 0 unspecified atom stereocenters. The number of carbonyl (C=O) groups is 2. The number of nitrogens with two attached hydrogens (primary N) is 1. The van der Waals surface area contributed by atoms with Crippen LogP contribution in [0.4, 0.5) is 5.69 Å². The van der Waals surface area contributed by atoms with Crippen LogP contribution in [0.1, 0.15) is 26.3 Å². The van der Waals surface area contributed by atoms with E-state index in [1.54, 1.807) is 28.0 Å². The lowest BCUT2D eigenvalue weighted by Gasteiger charge is -2.34. The summed E-state index contributed by atoms with van der Waals surface area (Å²) < 4.78 is 4.94. The summed E-state index contributed by atoms with van der Waals surface area (Å²) in [5.74, 6) is -0.113. The third kappa shape index (κ3) is 3.06. The van der Waals surface area contributed by atoms with Gasteiger partial charge in [0.05, 0.1) is 11.8 Å². The molecule has 1 saturated heterocycles. The summed E-state index contributed by atoms with van der Waals surface area (Å²) in [4.78, 5) is 28.2. The normalized spacial score (nSPS) is 14.8. The quantitative estimate of drug-likeness (QED) is 0.857. The Labute approximate surface area is 134 Å². The van der Waals surface area contributed by atoms with Crippen LogP contribution in [0.2, 0.25) is 0 Å². The van der Waals surface area contributed by atoms with Gasteiger partial charge in [0.15, 0.2) is 0 Å². The number of aryl methyl sites for hydroxylation is 1. The van der Waals surface area contributed by atoms with Gasteiger partial charge in [-0.3, -0.25) is 9.59 Å². The predicted molar refractivity (Wildman–Crippen MR) is 86.1 cm³/mol. The maximum absolute atomic E-state index is 12.5. The minimum Gasteiger partial charge on any atom is -0.472 e. The zero-order valence-electron chi connectivity index (χ0n) is 13.0. The monoisotopic (exact) mass is 313 g/mol. The smallest absolute Gasteiger partial charge is 0.257 e. The molecule has 0 atom stereocenters. The van der Waals surface area contributed by atoms with E-state index in [0.717, 1.165) is 5.56 Å². The summed E-state index contributed by atoms with van der Waals surface area (Å²) in [7, 11) is 0. The molecule has 2 amide bonds. The van der Waals surface area contributed by atoms with E-state index < -0.39 is 0 Å². The van der Waals surface area contributed by atoms with E-state index in [4.69, 9.17) is 10.2 Å². The van der Waals surface area contributed by atoms with Crippen molar-refractivity contribution in [3.63, 3.8) is 0 Å². The van der Waals surface area contributed by atoms with Gasteiger partial charge in [-0.2, -0.15) is 0 Å². The molecule has 1 aliphatic heterocycles. The fourth-order valence-electron chi connectivity index (χ4n) is 2.64. The first kappa shape index (κ1) is 15.1. The Morgan fingerprint density at radius 3 is 2.13 bits per heavy atom. The Kier molecular flexibility index (Phi) is 4.06. The summed E-state index contributed by atoms with van der Waals surface area (Å²) in [6.07, 6.45) is 2.92. The van der Waals surface area contributed by atoms with Crippen LogP contribution >= 0.6 is 0 Å². The predicted octanol–water partition coefficient (Wildman–Crippen LogP) is 1.77. The van der Waals surface area contributed by atoms with Gasteiger partial charge in [-0.25, -0.2) is 0 Å². The molecule has 0 radical (unpaired) electrons. The second kappa shape index (κ2) is 6.16. The van der Waals surface area contributed by atoms with Crippen LogP contribution in [-0.2, 0) is 0 Å². The van der Waals surface area contributed by atoms with E-state index in [1.165, 1.54) is 12.5 Å². The average molecular weight is 313 g/mol. The number of hydrogen-bond acceptors (Lipinski definition) is 4. The highest BCUT2D eigenvalue weighted by Crippen LogP contribution is 2.16. The number of amides is 2. The zero-order chi connectivity index (χ0) is 16.4. The molecule has 2 aromatic rings. The molecule has 2 heterocycles. The Bertz CT molecular complexity index is 717. The van der Waals surface area contributed by atoms with Gasteiger partial charge in [-0.15, -0.1) is 0 Å². The molecular formula is C17H19N3O3. The van der Waals surface area contributed by atoms with E-state index in [2.05, 4.69) is 0 Å². The molecule has 0 spiro atoms. The molecule has 1 fully saturated rings. The van der Waals surface area contributed by atoms with E-state index in [1.807, 2.05) is 13.0 Å². The molecule has 1 aromatic carbocycles. The molecule has 6 heteroatoms. The minimum atomic E-state index is -0.0644. The van der Waals surface area contributed by atoms with Crippen LogP contribution in [0.3, 0.4) is 0 Å². The summed E-state index contributed by atoms with van der Waals surface area (Å²) in [6, 6.07) is 6.99. The third-order valence-corrected chi connectivity index (χ3v) is 4.15. The van der Waals surface area contributed by atoms with Crippen LogP contribution in [0.5, 0.6) is 0 Å². The van der Waals surface area contributed by atoms with Gasteiger partial charge in [0.1, 0.15) is 6.26 Å². The van der Waals surface area contributed by atoms with Gasteiger partial charge in [0, 0.05) is 37.4 Å². The van der Waals surface area contributed by atoms with Gasteiger partial charge in [-0.1, -0.05) is 6.07 Å². The Morgan fingerprint density at radius 2 is 1.61 bits per heavy atom. The van der Waals surface area contributed by atoms with Crippen LogP contribution in [0, 0.1) is 6.92 Å². The van der Waals surface area contributed by atoms with Gasteiger partial charge >= 0.3 is 0 Å². The topological polar surface area (TPSA) is 79.8 Å². The summed E-state index contributed by atoms with van der Waals surface area (Å²) in [5.41, 5.74) is 8.57. The average Bonchev–Trinajstić information content (AvgIpc) is 3.11. The Hall–Kier alpha value is -2.76. The van der Waals surface area contributed by atoms with Crippen molar-refractivity contribution in [1.82, 2.24) is 9.80 Å². The summed E-state index contributed by atoms with van der Waals surface area (Å²) in [5, 5.41) is 0. The number of rotatable bonds is 2. The van der Waals surface area contributed by atoms with E-state index in [9.17, 15) is 9.59 Å². The van der Waals surface area contributed by atoms with Crippen molar-refractivity contribution in [3.8, 4) is 0 Å². The van der Waals surface area contributed by atoms with Crippen molar-refractivity contribution in [2.45, 2.75) is 6.92 Å². The fourth-order valence-corrected chi connectivity index (χ4v) is 2.64. The highest BCUT2D eigenvalue weighted by atomic mass is 16.3. The summed E-state index contributed by atoms with van der Waals surface area (Å²) >= 11 is 0. The Balaban J connectivity index is 1.63. The second-order valence-electron chi connectivity index (χ2n) is 5.67. The highest BCUT2D eigenvalue weighted by molar-refractivity contribution is 5.96. The number of nitrogens with zero attached hydrogens (tertiary/aromatic N) is 2. The molecule has 0 aliphatic carbocycles. The van der Waals surface area contributed by atoms with E-state index in [-0.39, 0.29) is 11.8 Å². The lowest BCUT2D eigenvalue weighted by atomic mass is 10.1. The number of nitrogen functional groups attached to an aromatic ring is 1. The van der Waals surface area contributed by atoms with E-state index >= 15 is 0 Å². The maximum Gasteiger partial charge on any atom is 0.257 e. The number of piperazine rings is 1. The SMILES string of the molecule is Cc1ccc(C(=O)N2CCN(C(=O)c3ccoc3)CC2)cc1N. The van der Waals surface area contributed by atoms with Crippen molar-refractivity contribution in [2.75, 3.05) is 31.9 Å². The number of carbonyl (C=O) groups excluding carboxylic acids is 2.